The predicted molar refractivity (Wildman–Crippen MR) is 71.8 cm³/mol. The molecule has 0 radical (unpaired) electrons. The van der Waals surface area contributed by atoms with Crippen LogP contribution in [0.3, 0.4) is 0 Å². The van der Waals surface area contributed by atoms with E-state index in [9.17, 15) is 0 Å². The molecular weight excluding hydrogens is 218 g/mol. The predicted octanol–water partition coefficient (Wildman–Crippen LogP) is 0.881. The van der Waals surface area contributed by atoms with Gasteiger partial charge in [0, 0.05) is 12.1 Å². The van der Waals surface area contributed by atoms with Crippen molar-refractivity contribution in [3.8, 4) is 0 Å². The summed E-state index contributed by atoms with van der Waals surface area (Å²) in [7, 11) is 0. The highest BCUT2D eigenvalue weighted by atomic mass is 16.6. The average molecular weight is 239 g/mol. The molecule has 0 heterocycles. The van der Waals surface area contributed by atoms with Crippen LogP contribution < -0.4 is 22.7 Å². The highest BCUT2D eigenvalue weighted by Crippen LogP contribution is 2.19. The minimum absolute atomic E-state index is 0.00135. The van der Waals surface area contributed by atoms with E-state index in [1.54, 1.807) is 18.2 Å². The summed E-state index contributed by atoms with van der Waals surface area (Å²) in [5.41, 5.74) is 13.0. The summed E-state index contributed by atoms with van der Waals surface area (Å²) in [5.74, 6) is 4.88. The van der Waals surface area contributed by atoms with Gasteiger partial charge in [-0.15, -0.1) is 0 Å². The number of nitrogen functional groups attached to an aromatic ring is 2. The van der Waals surface area contributed by atoms with Gasteiger partial charge in [0.1, 0.15) is 5.84 Å². The van der Waals surface area contributed by atoms with E-state index in [1.807, 2.05) is 13.8 Å². The lowest BCUT2D eigenvalue weighted by Crippen LogP contribution is -2.14. The molecule has 0 fully saturated rings. The molecule has 0 saturated carbocycles. The summed E-state index contributed by atoms with van der Waals surface area (Å²) in [4.78, 5) is 4.41. The number of hydrogen-bond donors (Lipinski definition) is 5. The lowest BCUT2D eigenvalue weighted by Gasteiger charge is -2.09. The van der Waals surface area contributed by atoms with Crippen LogP contribution in [-0.4, -0.2) is 19.0 Å². The third-order valence-corrected chi connectivity index (χ3v) is 1.90. The molecule has 0 bridgehead atoms. The second kappa shape index (κ2) is 8.37. The number of nitrogens with two attached hydrogens (primary N) is 3. The first-order valence-electron chi connectivity index (χ1n) is 5.44. The maximum Gasteiger partial charge on any atom is 0.122 e. The minimum atomic E-state index is -0.00135. The van der Waals surface area contributed by atoms with Gasteiger partial charge < -0.3 is 21.6 Å². The molecule has 17 heavy (non-hydrogen) atoms. The fourth-order valence-electron chi connectivity index (χ4n) is 1.14. The summed E-state index contributed by atoms with van der Waals surface area (Å²) >= 11 is 0. The monoisotopic (exact) mass is 239 g/mol. The molecule has 6 heteroatoms. The molecule has 0 atom stereocenters. The maximum atomic E-state index is 7.24. The molecule has 1 rings (SSSR count). The van der Waals surface area contributed by atoms with Gasteiger partial charge >= 0.3 is 0 Å². The first-order valence-corrected chi connectivity index (χ1v) is 5.44. The molecule has 6 nitrogen and oxygen atoms in total. The molecule has 0 aromatic heterocycles. The third-order valence-electron chi connectivity index (χ3n) is 1.90. The van der Waals surface area contributed by atoms with Crippen LogP contribution in [0, 0.1) is 5.41 Å². The first-order chi connectivity index (χ1) is 8.15. The van der Waals surface area contributed by atoms with Crippen molar-refractivity contribution in [3.63, 3.8) is 0 Å². The largest absolute Gasteiger partial charge is 0.397 e. The van der Waals surface area contributed by atoms with E-state index in [4.69, 9.17) is 22.8 Å². The highest BCUT2D eigenvalue weighted by Gasteiger charge is 2.01. The van der Waals surface area contributed by atoms with Gasteiger partial charge in [-0.3, -0.25) is 5.41 Å². The number of anilines is 2. The molecular formula is C11H21N5O. The number of rotatable bonds is 5. The molecule has 0 aliphatic heterocycles. The first kappa shape index (κ1) is 15.2. The van der Waals surface area contributed by atoms with Crippen LogP contribution >= 0.6 is 0 Å². The second-order valence-corrected chi connectivity index (χ2v) is 3.01. The van der Waals surface area contributed by atoms with Crippen molar-refractivity contribution in [2.45, 2.75) is 13.8 Å². The molecule has 0 aliphatic rings. The quantitative estimate of drug-likeness (QED) is 0.171. The standard InChI is InChI=1S/C9H15N5O.C2H6/c10-7-5-6(9(11)12)1-2-8(7)14-3-4-15-13;1-2/h1-2,5,14H,3-4,10,13H2,(H3,11,12);1-2H3. The van der Waals surface area contributed by atoms with Crippen molar-refractivity contribution in [1.29, 1.82) is 5.41 Å². The van der Waals surface area contributed by atoms with E-state index in [-0.39, 0.29) is 5.84 Å². The van der Waals surface area contributed by atoms with E-state index < -0.39 is 0 Å². The van der Waals surface area contributed by atoms with Crippen molar-refractivity contribution < 1.29 is 4.84 Å². The lowest BCUT2D eigenvalue weighted by atomic mass is 10.1. The second-order valence-electron chi connectivity index (χ2n) is 3.01. The van der Waals surface area contributed by atoms with E-state index in [1.165, 1.54) is 0 Å². The zero-order valence-electron chi connectivity index (χ0n) is 10.3. The number of benzene rings is 1. The Labute approximate surface area is 102 Å². The van der Waals surface area contributed by atoms with Crippen LogP contribution in [0.4, 0.5) is 11.4 Å². The fourth-order valence-corrected chi connectivity index (χ4v) is 1.14. The fraction of sp³-hybridized carbons (Fsp3) is 0.364. The topological polar surface area (TPSA) is 123 Å². The molecule has 96 valence electrons. The van der Waals surface area contributed by atoms with Crippen LogP contribution in [-0.2, 0) is 4.84 Å². The van der Waals surface area contributed by atoms with E-state index in [0.29, 0.717) is 24.4 Å². The van der Waals surface area contributed by atoms with Gasteiger partial charge in [0.15, 0.2) is 0 Å². The molecule has 0 amide bonds. The zero-order chi connectivity index (χ0) is 13.3. The number of amidine groups is 1. The summed E-state index contributed by atoms with van der Waals surface area (Å²) in [6.07, 6.45) is 0. The maximum absolute atomic E-state index is 7.24. The van der Waals surface area contributed by atoms with Gasteiger partial charge in [0.2, 0.25) is 0 Å². The van der Waals surface area contributed by atoms with Gasteiger partial charge in [-0.25, -0.2) is 5.90 Å². The minimum Gasteiger partial charge on any atom is -0.397 e. The van der Waals surface area contributed by atoms with Crippen LogP contribution in [0.5, 0.6) is 0 Å². The molecule has 1 aromatic carbocycles. The Morgan fingerprint density at radius 2 is 2.06 bits per heavy atom. The van der Waals surface area contributed by atoms with Crippen LogP contribution in [0.25, 0.3) is 0 Å². The number of hydrogen-bond acceptors (Lipinski definition) is 5. The van der Waals surface area contributed by atoms with Crippen molar-refractivity contribution in [2.75, 3.05) is 24.2 Å². The van der Waals surface area contributed by atoms with Gasteiger partial charge in [-0.05, 0) is 18.2 Å². The Morgan fingerprint density at radius 3 is 2.53 bits per heavy atom. The molecule has 8 N–H and O–H groups in total. The van der Waals surface area contributed by atoms with Gasteiger partial charge in [-0.2, -0.15) is 0 Å². The van der Waals surface area contributed by atoms with Gasteiger partial charge in [0.25, 0.3) is 0 Å². The van der Waals surface area contributed by atoms with E-state index in [2.05, 4.69) is 10.2 Å². The van der Waals surface area contributed by atoms with Crippen molar-refractivity contribution in [3.05, 3.63) is 23.8 Å². The Kier molecular flexibility index (Phi) is 7.49. The molecule has 0 aliphatic carbocycles. The Hall–Kier alpha value is -1.79. The Balaban J connectivity index is 0.00000121. The summed E-state index contributed by atoms with van der Waals surface area (Å²) in [5, 5.41) is 10.3. The van der Waals surface area contributed by atoms with E-state index in [0.717, 1.165) is 5.69 Å². The van der Waals surface area contributed by atoms with Crippen LogP contribution in [0.2, 0.25) is 0 Å². The number of nitrogens with one attached hydrogen (secondary N) is 2. The summed E-state index contributed by atoms with van der Waals surface area (Å²) < 4.78 is 0. The Bertz CT molecular complexity index is 354. The normalized spacial score (nSPS) is 9.12. The van der Waals surface area contributed by atoms with Crippen molar-refractivity contribution in [2.24, 2.45) is 11.6 Å². The highest BCUT2D eigenvalue weighted by molar-refractivity contribution is 5.96. The summed E-state index contributed by atoms with van der Waals surface area (Å²) in [6, 6.07) is 5.14. The van der Waals surface area contributed by atoms with Crippen LogP contribution in [0.1, 0.15) is 19.4 Å². The average Bonchev–Trinajstić information content (AvgIpc) is 2.34. The molecule has 0 saturated heterocycles. The Morgan fingerprint density at radius 1 is 1.41 bits per heavy atom. The van der Waals surface area contributed by atoms with Gasteiger partial charge in [0.05, 0.1) is 18.0 Å². The molecule has 0 unspecified atom stereocenters. The summed E-state index contributed by atoms with van der Waals surface area (Å²) in [6.45, 7) is 4.97. The lowest BCUT2D eigenvalue weighted by molar-refractivity contribution is 0.148. The van der Waals surface area contributed by atoms with Crippen molar-refractivity contribution in [1.82, 2.24) is 0 Å². The zero-order valence-corrected chi connectivity index (χ0v) is 10.3. The van der Waals surface area contributed by atoms with Crippen molar-refractivity contribution >= 4 is 17.2 Å². The van der Waals surface area contributed by atoms with Gasteiger partial charge in [-0.1, -0.05) is 13.8 Å². The third kappa shape index (κ3) is 5.19. The smallest absolute Gasteiger partial charge is 0.122 e. The van der Waals surface area contributed by atoms with Crippen LogP contribution in [0.15, 0.2) is 18.2 Å². The molecule has 0 spiro atoms. The molecule has 1 aromatic rings. The SMILES string of the molecule is CC.N=C(N)c1ccc(NCCON)c(N)c1. The van der Waals surface area contributed by atoms with E-state index >= 15 is 0 Å².